The fourth-order valence-electron chi connectivity index (χ4n) is 3.77. The minimum atomic E-state index is -0.249. The smallest absolute Gasteiger partial charge is 0.320 e. The Morgan fingerprint density at radius 2 is 2.15 bits per heavy atom. The Morgan fingerprint density at radius 1 is 1.30 bits per heavy atom. The van der Waals surface area contributed by atoms with E-state index in [2.05, 4.69) is 15.0 Å². The van der Waals surface area contributed by atoms with Gasteiger partial charge in [-0.2, -0.15) is 4.98 Å². The van der Waals surface area contributed by atoms with Gasteiger partial charge in [-0.25, -0.2) is 9.18 Å². The third-order valence-corrected chi connectivity index (χ3v) is 5.35. The number of carbonyl (C=O) groups is 1. The van der Waals surface area contributed by atoms with E-state index in [-0.39, 0.29) is 17.9 Å². The summed E-state index contributed by atoms with van der Waals surface area (Å²) in [5.74, 6) is 0.765. The van der Waals surface area contributed by atoms with Gasteiger partial charge in [-0.15, -0.1) is 0 Å². The molecule has 144 valence electrons. The third kappa shape index (κ3) is 3.91. The second-order valence-electron chi connectivity index (χ2n) is 7.05. The van der Waals surface area contributed by atoms with Crippen molar-refractivity contribution in [2.45, 2.75) is 32.5 Å². The van der Waals surface area contributed by atoms with Gasteiger partial charge in [-0.05, 0) is 31.5 Å². The molecule has 27 heavy (non-hydrogen) atoms. The minimum absolute atomic E-state index is 0.00774. The van der Waals surface area contributed by atoms with E-state index < -0.39 is 0 Å². The van der Waals surface area contributed by atoms with Gasteiger partial charge in [-0.3, -0.25) is 4.90 Å². The third-order valence-electron chi connectivity index (χ3n) is 5.11. The summed E-state index contributed by atoms with van der Waals surface area (Å²) in [7, 11) is 0. The molecule has 1 atom stereocenters. The van der Waals surface area contributed by atoms with Crippen LogP contribution in [0.4, 0.5) is 9.18 Å². The van der Waals surface area contributed by atoms with Crippen LogP contribution < -0.4 is 0 Å². The molecule has 9 heteroatoms. The number of hydrogen-bond acceptors (Lipinski definition) is 5. The highest BCUT2D eigenvalue weighted by atomic mass is 35.5. The topological polar surface area (TPSA) is 65.7 Å². The van der Waals surface area contributed by atoms with Crippen molar-refractivity contribution < 1.29 is 13.7 Å². The van der Waals surface area contributed by atoms with E-state index in [4.69, 9.17) is 16.1 Å². The van der Waals surface area contributed by atoms with Gasteiger partial charge >= 0.3 is 6.03 Å². The molecule has 7 nitrogen and oxygen atoms in total. The molecule has 1 aromatic heterocycles. The van der Waals surface area contributed by atoms with Crippen molar-refractivity contribution in [3.63, 3.8) is 0 Å². The molecule has 1 unspecified atom stereocenters. The minimum Gasteiger partial charge on any atom is -0.337 e. The number of benzene rings is 1. The summed E-state index contributed by atoms with van der Waals surface area (Å²) in [6.07, 6.45) is 0.876. The van der Waals surface area contributed by atoms with Gasteiger partial charge in [0.1, 0.15) is 12.4 Å². The van der Waals surface area contributed by atoms with Gasteiger partial charge < -0.3 is 14.3 Å². The van der Waals surface area contributed by atoms with Crippen molar-refractivity contribution in [2.24, 2.45) is 0 Å². The largest absolute Gasteiger partial charge is 0.337 e. The molecule has 2 aliphatic rings. The number of carbonyl (C=O) groups excluding carboxylic acids is 1. The molecule has 0 aliphatic carbocycles. The van der Waals surface area contributed by atoms with Crippen LogP contribution in [0.25, 0.3) is 0 Å². The molecule has 2 saturated heterocycles. The fourth-order valence-corrected chi connectivity index (χ4v) is 3.96. The van der Waals surface area contributed by atoms with Gasteiger partial charge in [0.05, 0.1) is 0 Å². The van der Waals surface area contributed by atoms with E-state index in [1.165, 1.54) is 6.07 Å². The first-order chi connectivity index (χ1) is 13.0. The van der Waals surface area contributed by atoms with Gasteiger partial charge in [-0.1, -0.05) is 16.8 Å². The lowest BCUT2D eigenvalue weighted by Crippen LogP contribution is -2.40. The van der Waals surface area contributed by atoms with Crippen molar-refractivity contribution >= 4 is 17.6 Å². The Labute approximate surface area is 161 Å². The lowest BCUT2D eigenvalue weighted by Gasteiger charge is -2.24. The van der Waals surface area contributed by atoms with Gasteiger partial charge in [0.15, 0.2) is 5.82 Å². The molecule has 2 amide bonds. The molecule has 2 fully saturated rings. The maximum Gasteiger partial charge on any atom is 0.320 e. The molecule has 0 bridgehead atoms. The zero-order valence-electron chi connectivity index (χ0n) is 15.1. The summed E-state index contributed by atoms with van der Waals surface area (Å²) < 4.78 is 19.1. The van der Waals surface area contributed by atoms with Crippen molar-refractivity contribution in [3.05, 3.63) is 46.3 Å². The Bertz CT molecular complexity index is 845. The van der Waals surface area contributed by atoms with Crippen LogP contribution in [0, 0.1) is 12.7 Å². The molecule has 0 spiro atoms. The first-order valence-electron chi connectivity index (χ1n) is 9.00. The first-order valence-corrected chi connectivity index (χ1v) is 9.38. The van der Waals surface area contributed by atoms with Crippen LogP contribution in [-0.2, 0) is 13.1 Å². The molecular formula is C18H21ClFN5O2. The van der Waals surface area contributed by atoms with Gasteiger partial charge in [0, 0.05) is 49.4 Å². The molecule has 0 saturated carbocycles. The van der Waals surface area contributed by atoms with E-state index in [0.717, 1.165) is 19.5 Å². The zero-order valence-corrected chi connectivity index (χ0v) is 15.8. The van der Waals surface area contributed by atoms with E-state index in [0.29, 0.717) is 48.5 Å². The highest BCUT2D eigenvalue weighted by Crippen LogP contribution is 2.24. The van der Waals surface area contributed by atoms with Crippen molar-refractivity contribution in [2.75, 3.05) is 26.2 Å². The Morgan fingerprint density at radius 3 is 2.93 bits per heavy atom. The van der Waals surface area contributed by atoms with Crippen LogP contribution in [0.15, 0.2) is 22.7 Å². The second-order valence-corrected chi connectivity index (χ2v) is 7.48. The maximum atomic E-state index is 14.0. The van der Waals surface area contributed by atoms with Crippen LogP contribution in [-0.4, -0.2) is 63.1 Å². The van der Waals surface area contributed by atoms with Crippen molar-refractivity contribution in [3.8, 4) is 0 Å². The molecule has 4 rings (SSSR count). The number of likely N-dealkylation sites (tertiary alicyclic amines) is 1. The molecule has 0 radical (unpaired) electrons. The predicted octanol–water partition coefficient (Wildman–Crippen LogP) is 2.68. The van der Waals surface area contributed by atoms with Gasteiger partial charge in [0.2, 0.25) is 5.89 Å². The molecule has 2 aliphatic heterocycles. The predicted molar refractivity (Wildman–Crippen MR) is 96.6 cm³/mol. The fraction of sp³-hybridized carbons (Fsp3) is 0.500. The average molecular weight is 394 g/mol. The number of aromatic nitrogens is 2. The van der Waals surface area contributed by atoms with E-state index >= 15 is 0 Å². The molecule has 0 N–H and O–H groups in total. The number of nitrogens with zero attached hydrogens (tertiary/aromatic N) is 5. The monoisotopic (exact) mass is 393 g/mol. The summed E-state index contributed by atoms with van der Waals surface area (Å²) >= 11 is 5.98. The van der Waals surface area contributed by atoms with Crippen molar-refractivity contribution in [1.29, 1.82) is 0 Å². The summed E-state index contributed by atoms with van der Waals surface area (Å²) in [5, 5.41) is 4.29. The standard InChI is InChI=1S/C18H21ClFN5O2/c1-12-21-17(27-22-12)11-24-6-7-25(18(24)26)15-4-5-23(10-15)9-13-8-14(19)2-3-16(13)20/h2-3,8,15H,4-7,9-11H2,1H3. The highest BCUT2D eigenvalue weighted by molar-refractivity contribution is 6.30. The number of amides is 2. The van der Waals surface area contributed by atoms with Crippen molar-refractivity contribution in [1.82, 2.24) is 24.8 Å². The number of aryl methyl sites for hydroxylation is 1. The van der Waals surface area contributed by atoms with Crippen LogP contribution in [0.3, 0.4) is 0 Å². The zero-order chi connectivity index (χ0) is 19.0. The quantitative estimate of drug-likeness (QED) is 0.781. The Hall–Kier alpha value is -2.19. The molecule has 1 aromatic carbocycles. The normalized spacial score (nSPS) is 20.9. The SMILES string of the molecule is Cc1noc(CN2CCN(C3CCN(Cc4cc(Cl)ccc4F)C3)C2=O)n1. The Kier molecular flexibility index (Phi) is 5.01. The summed E-state index contributed by atoms with van der Waals surface area (Å²) in [4.78, 5) is 22.7. The van der Waals surface area contributed by atoms with Gasteiger partial charge in [0.25, 0.3) is 0 Å². The van der Waals surface area contributed by atoms with Crippen LogP contribution in [0.1, 0.15) is 23.7 Å². The van der Waals surface area contributed by atoms with Crippen LogP contribution in [0.5, 0.6) is 0 Å². The lowest BCUT2D eigenvalue weighted by atomic mass is 10.2. The maximum absolute atomic E-state index is 14.0. The number of halogens is 2. The summed E-state index contributed by atoms with van der Waals surface area (Å²) in [6, 6.07) is 4.74. The Balaban J connectivity index is 1.35. The second kappa shape index (κ2) is 7.44. The van der Waals surface area contributed by atoms with E-state index in [1.54, 1.807) is 24.0 Å². The molecular weight excluding hydrogens is 373 g/mol. The summed E-state index contributed by atoms with van der Waals surface area (Å²) in [6.45, 7) is 5.45. The number of rotatable bonds is 5. The summed E-state index contributed by atoms with van der Waals surface area (Å²) in [5.41, 5.74) is 0.587. The molecule has 2 aromatic rings. The van der Waals surface area contributed by atoms with Crippen LogP contribution >= 0.6 is 11.6 Å². The average Bonchev–Trinajstić information content (AvgIpc) is 3.34. The number of hydrogen-bond donors (Lipinski definition) is 0. The van der Waals surface area contributed by atoms with E-state index in [1.807, 2.05) is 4.90 Å². The number of urea groups is 1. The first kappa shape index (κ1) is 18.2. The lowest BCUT2D eigenvalue weighted by molar-refractivity contribution is 0.170. The van der Waals surface area contributed by atoms with E-state index in [9.17, 15) is 9.18 Å². The van der Waals surface area contributed by atoms with Crippen LogP contribution in [0.2, 0.25) is 5.02 Å². The molecule has 3 heterocycles. The highest BCUT2D eigenvalue weighted by Gasteiger charge is 2.37.